The summed E-state index contributed by atoms with van der Waals surface area (Å²) in [6, 6.07) is 12.1. The Morgan fingerprint density at radius 2 is 1.94 bits per heavy atom. The van der Waals surface area contributed by atoms with Gasteiger partial charge < -0.3 is 14.6 Å². The van der Waals surface area contributed by atoms with Crippen LogP contribution in [0.3, 0.4) is 0 Å². The maximum absolute atomic E-state index is 11.8. The number of ether oxygens (including phenoxy) is 2. The molecule has 0 saturated heterocycles. The molecule has 0 radical (unpaired) electrons. The average Bonchev–Trinajstić information content (AvgIpc) is 3.42. The highest BCUT2D eigenvalue weighted by Crippen LogP contribution is 2.37. The number of rotatable bonds is 12. The molecule has 1 atom stereocenters. The zero-order chi connectivity index (χ0) is 25.7. The Kier molecular flexibility index (Phi) is 8.41. The summed E-state index contributed by atoms with van der Waals surface area (Å²) in [5.74, 6) is 1.12. The van der Waals surface area contributed by atoms with E-state index >= 15 is 0 Å². The second kappa shape index (κ2) is 11.7. The highest BCUT2D eigenvalue weighted by Gasteiger charge is 2.25. The van der Waals surface area contributed by atoms with Crippen molar-refractivity contribution in [3.63, 3.8) is 0 Å². The highest BCUT2D eigenvalue weighted by molar-refractivity contribution is 7.17. The molecule has 0 spiro atoms. The number of carbonyl (C=O) groups excluding carboxylic acids is 1. The van der Waals surface area contributed by atoms with E-state index in [1.54, 1.807) is 6.92 Å². The third-order valence-electron chi connectivity index (χ3n) is 6.50. The number of hydrogen-bond acceptors (Lipinski definition) is 6. The lowest BCUT2D eigenvalue weighted by Gasteiger charge is -2.13. The molecule has 1 aliphatic rings. The summed E-state index contributed by atoms with van der Waals surface area (Å²) in [5, 5.41) is 9.95. The molecule has 1 aliphatic carbocycles. The van der Waals surface area contributed by atoms with Crippen molar-refractivity contribution in [3.05, 3.63) is 63.7 Å². The number of aryl methyl sites for hydroxylation is 3. The summed E-state index contributed by atoms with van der Waals surface area (Å²) in [6.45, 7) is 6.70. The number of Topliss-reactive ketones (excluding diaryl/α,β-unsaturated/α-hetero) is 1. The number of ketones is 1. The maximum atomic E-state index is 11.8. The van der Waals surface area contributed by atoms with Gasteiger partial charge in [-0.25, -0.2) is 4.98 Å². The molecule has 1 aromatic heterocycles. The van der Waals surface area contributed by atoms with E-state index in [4.69, 9.17) is 14.6 Å². The molecule has 1 N–H and O–H groups in total. The van der Waals surface area contributed by atoms with Crippen molar-refractivity contribution in [2.75, 3.05) is 13.2 Å². The van der Waals surface area contributed by atoms with Crippen LogP contribution in [-0.4, -0.2) is 35.1 Å². The van der Waals surface area contributed by atoms with E-state index in [1.807, 2.05) is 37.3 Å². The van der Waals surface area contributed by atoms with Crippen LogP contribution in [0, 0.1) is 6.92 Å². The lowest BCUT2D eigenvalue weighted by Crippen LogP contribution is -2.06. The molecular weight excluding hydrogens is 474 g/mol. The van der Waals surface area contributed by atoms with E-state index < -0.39 is 5.97 Å². The number of fused-ring (bicyclic) bond motifs is 1. The van der Waals surface area contributed by atoms with Gasteiger partial charge in [-0.2, -0.15) is 0 Å². The SMILES string of the molecule is CCCc1cc(-c2nc(C)c(C(C)=O)s2)ccc1OCCCOc1ccc2c(c1)CCC2CC(=O)O. The Morgan fingerprint density at radius 3 is 2.67 bits per heavy atom. The van der Waals surface area contributed by atoms with Gasteiger partial charge in [0.25, 0.3) is 0 Å². The molecule has 36 heavy (non-hydrogen) atoms. The minimum absolute atomic E-state index is 0.0504. The fourth-order valence-corrected chi connectivity index (χ4v) is 5.75. The van der Waals surface area contributed by atoms with Crippen LogP contribution in [0.5, 0.6) is 11.5 Å². The highest BCUT2D eigenvalue weighted by atomic mass is 32.1. The third-order valence-corrected chi connectivity index (χ3v) is 7.80. The predicted molar refractivity (Wildman–Crippen MR) is 142 cm³/mol. The van der Waals surface area contributed by atoms with E-state index in [2.05, 4.69) is 18.0 Å². The maximum Gasteiger partial charge on any atom is 0.303 e. The number of aromatic nitrogens is 1. The van der Waals surface area contributed by atoms with Gasteiger partial charge in [-0.05, 0) is 79.1 Å². The van der Waals surface area contributed by atoms with Gasteiger partial charge in [-0.1, -0.05) is 19.4 Å². The topological polar surface area (TPSA) is 85.7 Å². The van der Waals surface area contributed by atoms with Crippen LogP contribution in [0.4, 0.5) is 0 Å². The Balaban J connectivity index is 1.31. The van der Waals surface area contributed by atoms with Crippen LogP contribution in [-0.2, 0) is 17.6 Å². The molecule has 2 aromatic carbocycles. The lowest BCUT2D eigenvalue weighted by atomic mass is 9.98. The van der Waals surface area contributed by atoms with Gasteiger partial charge >= 0.3 is 5.97 Å². The standard InChI is InChI=1S/C29H33NO5S/c1-4-6-22-15-23(29-30-18(2)28(36-29)19(3)31)9-12-26(22)35-14-5-13-34-24-10-11-25-20(16-24)7-8-21(25)17-27(32)33/h9-12,15-16,21H,4-8,13-14,17H2,1-3H3,(H,32,33). The van der Waals surface area contributed by atoms with Gasteiger partial charge in [0.1, 0.15) is 16.5 Å². The molecule has 0 saturated carbocycles. The van der Waals surface area contributed by atoms with E-state index in [0.29, 0.717) is 18.1 Å². The van der Waals surface area contributed by atoms with E-state index in [0.717, 1.165) is 71.0 Å². The summed E-state index contributed by atoms with van der Waals surface area (Å²) < 4.78 is 12.0. The van der Waals surface area contributed by atoms with Crippen molar-refractivity contribution in [2.45, 2.75) is 65.2 Å². The molecule has 0 aliphatic heterocycles. The van der Waals surface area contributed by atoms with E-state index in [-0.39, 0.29) is 18.1 Å². The Morgan fingerprint density at radius 1 is 1.14 bits per heavy atom. The van der Waals surface area contributed by atoms with E-state index in [9.17, 15) is 9.59 Å². The Hall–Kier alpha value is -3.19. The largest absolute Gasteiger partial charge is 0.493 e. The van der Waals surface area contributed by atoms with Crippen molar-refractivity contribution in [3.8, 4) is 22.1 Å². The van der Waals surface area contributed by atoms with Gasteiger partial charge in [0, 0.05) is 18.9 Å². The Labute approximate surface area is 216 Å². The monoisotopic (exact) mass is 507 g/mol. The van der Waals surface area contributed by atoms with Gasteiger partial charge in [0.2, 0.25) is 0 Å². The first-order valence-corrected chi connectivity index (χ1v) is 13.4. The van der Waals surface area contributed by atoms with Crippen LogP contribution < -0.4 is 9.47 Å². The Bertz CT molecular complexity index is 1250. The van der Waals surface area contributed by atoms with Crippen LogP contribution in [0.15, 0.2) is 36.4 Å². The first kappa shape index (κ1) is 25.9. The minimum Gasteiger partial charge on any atom is -0.493 e. The fraction of sp³-hybridized carbons (Fsp3) is 0.414. The first-order chi connectivity index (χ1) is 17.4. The molecule has 0 amide bonds. The summed E-state index contributed by atoms with van der Waals surface area (Å²) >= 11 is 1.44. The fourth-order valence-electron chi connectivity index (χ4n) is 4.79. The summed E-state index contributed by atoms with van der Waals surface area (Å²) in [7, 11) is 0. The zero-order valence-corrected chi connectivity index (χ0v) is 22.0. The lowest BCUT2D eigenvalue weighted by molar-refractivity contribution is -0.137. The van der Waals surface area contributed by atoms with Gasteiger partial charge in [-0.3, -0.25) is 9.59 Å². The van der Waals surface area contributed by atoms with Gasteiger partial charge in [0.15, 0.2) is 5.78 Å². The van der Waals surface area contributed by atoms with Crippen molar-refractivity contribution in [1.82, 2.24) is 4.98 Å². The second-order valence-corrected chi connectivity index (χ2v) is 10.3. The van der Waals surface area contributed by atoms with Crippen LogP contribution in [0.25, 0.3) is 10.6 Å². The number of nitrogens with zero attached hydrogens (tertiary/aromatic N) is 1. The molecule has 7 heteroatoms. The first-order valence-electron chi connectivity index (χ1n) is 12.6. The number of aliphatic carboxylic acids is 1. The molecule has 1 heterocycles. The number of benzene rings is 2. The number of hydrogen-bond donors (Lipinski definition) is 1. The minimum atomic E-state index is -0.745. The molecule has 3 aromatic rings. The predicted octanol–water partition coefficient (Wildman–Crippen LogP) is 6.63. The zero-order valence-electron chi connectivity index (χ0n) is 21.1. The summed E-state index contributed by atoms with van der Waals surface area (Å²) in [6.07, 6.45) is 4.64. The van der Waals surface area contributed by atoms with Crippen LogP contribution >= 0.6 is 11.3 Å². The van der Waals surface area contributed by atoms with Gasteiger partial charge in [-0.15, -0.1) is 11.3 Å². The molecular formula is C29H33NO5S. The molecule has 190 valence electrons. The second-order valence-electron chi connectivity index (χ2n) is 9.31. The van der Waals surface area contributed by atoms with Gasteiger partial charge in [0.05, 0.1) is 30.2 Å². The van der Waals surface area contributed by atoms with Crippen LogP contribution in [0.2, 0.25) is 0 Å². The van der Waals surface area contributed by atoms with Crippen molar-refractivity contribution in [2.24, 2.45) is 0 Å². The number of carboxylic acids is 1. The molecule has 0 bridgehead atoms. The summed E-state index contributed by atoms with van der Waals surface area (Å²) in [4.78, 5) is 28.2. The third kappa shape index (κ3) is 6.13. The molecule has 4 rings (SSSR count). The molecule has 1 unspecified atom stereocenters. The normalized spacial score (nSPS) is 14.5. The van der Waals surface area contributed by atoms with Crippen molar-refractivity contribution >= 4 is 23.1 Å². The smallest absolute Gasteiger partial charge is 0.303 e. The number of carboxylic acid groups (broad SMARTS) is 1. The molecule has 0 fully saturated rings. The summed E-state index contributed by atoms with van der Waals surface area (Å²) in [5.41, 5.74) is 5.28. The van der Waals surface area contributed by atoms with Crippen molar-refractivity contribution in [1.29, 1.82) is 0 Å². The number of thiazole rings is 1. The number of carbonyl (C=O) groups is 2. The van der Waals surface area contributed by atoms with E-state index in [1.165, 1.54) is 16.9 Å². The van der Waals surface area contributed by atoms with Crippen LogP contribution in [0.1, 0.15) is 77.5 Å². The van der Waals surface area contributed by atoms with Crippen molar-refractivity contribution < 1.29 is 24.2 Å². The average molecular weight is 508 g/mol. The quantitative estimate of drug-likeness (QED) is 0.219. The molecule has 6 nitrogen and oxygen atoms in total.